The average Bonchev–Trinajstić information content (AvgIpc) is 3.18. The number of hydrogen-bond donors (Lipinski definition) is 1. The molecule has 0 atom stereocenters. The van der Waals surface area contributed by atoms with Crippen molar-refractivity contribution >= 4 is 17.2 Å². The third-order valence-electron chi connectivity index (χ3n) is 3.95. The van der Waals surface area contributed by atoms with Gasteiger partial charge in [-0.2, -0.15) is 16.4 Å². The molecule has 0 aromatic carbocycles. The van der Waals surface area contributed by atoms with E-state index in [4.69, 9.17) is 0 Å². The quantitative estimate of drug-likeness (QED) is 0.751. The van der Waals surface area contributed by atoms with Gasteiger partial charge in [0.2, 0.25) is 5.91 Å². The third-order valence-corrected chi connectivity index (χ3v) is 4.68. The number of rotatable bonds is 6. The van der Waals surface area contributed by atoms with Gasteiger partial charge in [-0.05, 0) is 60.4 Å². The zero-order chi connectivity index (χ0) is 16.9. The number of hydrogen-bond acceptors (Lipinski definition) is 4. The van der Waals surface area contributed by atoms with Crippen molar-refractivity contribution in [3.05, 3.63) is 63.7 Å². The number of amides is 1. The fourth-order valence-corrected chi connectivity index (χ4v) is 3.38. The average molecular weight is 340 g/mol. The molecule has 3 heterocycles. The lowest BCUT2D eigenvalue weighted by atomic mass is 10.1. The van der Waals surface area contributed by atoms with Crippen LogP contribution in [0.5, 0.6) is 0 Å². The van der Waals surface area contributed by atoms with Crippen molar-refractivity contribution in [1.82, 2.24) is 20.1 Å². The summed E-state index contributed by atoms with van der Waals surface area (Å²) >= 11 is 1.61. The normalized spacial score (nSPS) is 10.8. The number of aromatic nitrogens is 3. The van der Waals surface area contributed by atoms with E-state index >= 15 is 0 Å². The van der Waals surface area contributed by atoms with Crippen LogP contribution >= 0.6 is 11.3 Å². The highest BCUT2D eigenvalue weighted by atomic mass is 32.1. The number of pyridine rings is 1. The van der Waals surface area contributed by atoms with E-state index in [0.29, 0.717) is 13.0 Å². The Hall–Kier alpha value is -2.47. The molecule has 0 unspecified atom stereocenters. The van der Waals surface area contributed by atoms with Crippen LogP contribution in [0.15, 0.2) is 41.2 Å². The zero-order valence-electron chi connectivity index (χ0n) is 13.8. The Labute approximate surface area is 145 Å². The highest BCUT2D eigenvalue weighted by Crippen LogP contribution is 2.16. The van der Waals surface area contributed by atoms with E-state index in [2.05, 4.69) is 15.4 Å². The molecule has 1 N–H and O–H groups in total. The van der Waals surface area contributed by atoms with E-state index in [1.165, 1.54) is 0 Å². The van der Waals surface area contributed by atoms with Crippen LogP contribution in [0.1, 0.15) is 22.5 Å². The molecule has 3 aromatic heterocycles. The first-order valence-electron chi connectivity index (χ1n) is 7.89. The second-order valence-electron chi connectivity index (χ2n) is 5.66. The van der Waals surface area contributed by atoms with E-state index in [1.54, 1.807) is 17.5 Å². The molecule has 1 amide bonds. The Bertz CT molecular complexity index is 809. The monoisotopic (exact) mass is 340 g/mol. The Morgan fingerprint density at radius 3 is 2.88 bits per heavy atom. The molecule has 0 saturated heterocycles. The van der Waals surface area contributed by atoms with Crippen molar-refractivity contribution in [2.24, 2.45) is 0 Å². The predicted molar refractivity (Wildman–Crippen MR) is 95.6 cm³/mol. The maximum absolute atomic E-state index is 12.0. The minimum atomic E-state index is 0.0563. The summed E-state index contributed by atoms with van der Waals surface area (Å²) in [4.78, 5) is 16.3. The zero-order valence-corrected chi connectivity index (χ0v) is 14.6. The number of nitrogens with zero attached hydrogens (tertiary/aromatic N) is 3. The summed E-state index contributed by atoms with van der Waals surface area (Å²) in [5.74, 6) is 0.867. The standard InChI is InChI=1S/C18H20N4OS/c1-13-16(6-9-20-18(23)11-15-7-10-24-12-15)14(2)22(21-13)17-5-3-4-8-19-17/h3-5,7-8,10,12H,6,9,11H2,1-2H3,(H,20,23). The fraction of sp³-hybridized carbons (Fsp3) is 0.278. The molecule has 0 aliphatic rings. The summed E-state index contributed by atoms with van der Waals surface area (Å²) in [7, 11) is 0. The van der Waals surface area contributed by atoms with Crippen molar-refractivity contribution in [3.63, 3.8) is 0 Å². The maximum atomic E-state index is 12.0. The van der Waals surface area contributed by atoms with Crippen LogP contribution in [0.2, 0.25) is 0 Å². The van der Waals surface area contributed by atoms with Crippen LogP contribution in [0, 0.1) is 13.8 Å². The Morgan fingerprint density at radius 1 is 1.29 bits per heavy atom. The lowest BCUT2D eigenvalue weighted by molar-refractivity contribution is -0.120. The predicted octanol–water partition coefficient (Wildman–Crippen LogP) is 2.85. The molecular weight excluding hydrogens is 320 g/mol. The molecular formula is C18H20N4OS. The molecule has 0 bridgehead atoms. The summed E-state index contributed by atoms with van der Waals surface area (Å²) in [6.45, 7) is 4.64. The van der Waals surface area contributed by atoms with Gasteiger partial charge in [0.1, 0.15) is 0 Å². The van der Waals surface area contributed by atoms with E-state index < -0.39 is 0 Å². The van der Waals surface area contributed by atoms with Crippen LogP contribution < -0.4 is 5.32 Å². The number of thiophene rings is 1. The second kappa shape index (κ2) is 7.40. The minimum Gasteiger partial charge on any atom is -0.355 e. The van der Waals surface area contributed by atoms with Crippen molar-refractivity contribution in [2.75, 3.05) is 6.54 Å². The molecule has 0 radical (unpaired) electrons. The van der Waals surface area contributed by atoms with Crippen molar-refractivity contribution in [1.29, 1.82) is 0 Å². The van der Waals surface area contributed by atoms with E-state index in [1.807, 2.05) is 53.6 Å². The SMILES string of the molecule is Cc1nn(-c2ccccn2)c(C)c1CCNC(=O)Cc1ccsc1. The van der Waals surface area contributed by atoms with Gasteiger partial charge < -0.3 is 5.32 Å². The fourth-order valence-electron chi connectivity index (χ4n) is 2.71. The molecule has 6 heteroatoms. The first kappa shape index (κ1) is 16.4. The topological polar surface area (TPSA) is 59.8 Å². The van der Waals surface area contributed by atoms with Gasteiger partial charge in [-0.1, -0.05) is 6.07 Å². The Kier molecular flexibility index (Phi) is 5.05. The third kappa shape index (κ3) is 3.71. The molecule has 3 rings (SSSR count). The number of aryl methyl sites for hydroxylation is 1. The molecule has 0 fully saturated rings. The summed E-state index contributed by atoms with van der Waals surface area (Å²) < 4.78 is 1.86. The van der Waals surface area contributed by atoms with Crippen LogP contribution in [-0.2, 0) is 17.6 Å². The van der Waals surface area contributed by atoms with Crippen LogP contribution in [-0.4, -0.2) is 27.2 Å². The van der Waals surface area contributed by atoms with E-state index in [-0.39, 0.29) is 5.91 Å². The van der Waals surface area contributed by atoms with Crippen LogP contribution in [0.25, 0.3) is 5.82 Å². The van der Waals surface area contributed by atoms with E-state index in [9.17, 15) is 4.79 Å². The summed E-state index contributed by atoms with van der Waals surface area (Å²) in [5.41, 5.74) is 4.27. The molecule has 124 valence electrons. The van der Waals surface area contributed by atoms with Gasteiger partial charge in [0.15, 0.2) is 5.82 Å². The number of carbonyl (C=O) groups is 1. The van der Waals surface area contributed by atoms with Crippen LogP contribution in [0.3, 0.4) is 0 Å². The van der Waals surface area contributed by atoms with Crippen molar-refractivity contribution < 1.29 is 4.79 Å². The van der Waals surface area contributed by atoms with Crippen molar-refractivity contribution in [2.45, 2.75) is 26.7 Å². The Morgan fingerprint density at radius 2 is 2.17 bits per heavy atom. The van der Waals surface area contributed by atoms with Gasteiger partial charge in [-0.25, -0.2) is 9.67 Å². The van der Waals surface area contributed by atoms with Crippen LogP contribution in [0.4, 0.5) is 0 Å². The molecule has 0 aliphatic carbocycles. The molecule has 24 heavy (non-hydrogen) atoms. The lowest BCUT2D eigenvalue weighted by Crippen LogP contribution is -2.27. The van der Waals surface area contributed by atoms with E-state index in [0.717, 1.165) is 34.8 Å². The molecule has 5 nitrogen and oxygen atoms in total. The largest absolute Gasteiger partial charge is 0.355 e. The molecule has 3 aromatic rings. The van der Waals surface area contributed by atoms with Gasteiger partial charge in [-0.15, -0.1) is 0 Å². The second-order valence-corrected chi connectivity index (χ2v) is 6.44. The smallest absolute Gasteiger partial charge is 0.224 e. The first-order chi connectivity index (χ1) is 11.6. The summed E-state index contributed by atoms with van der Waals surface area (Å²) in [6, 6.07) is 7.75. The van der Waals surface area contributed by atoms with Gasteiger partial charge >= 0.3 is 0 Å². The molecule has 0 spiro atoms. The highest BCUT2D eigenvalue weighted by molar-refractivity contribution is 7.07. The minimum absolute atomic E-state index is 0.0563. The number of nitrogens with one attached hydrogen (secondary N) is 1. The highest BCUT2D eigenvalue weighted by Gasteiger charge is 2.13. The van der Waals surface area contributed by atoms with Gasteiger partial charge in [0, 0.05) is 18.4 Å². The van der Waals surface area contributed by atoms with Gasteiger partial charge in [0.05, 0.1) is 12.1 Å². The molecule has 0 saturated carbocycles. The lowest BCUT2D eigenvalue weighted by Gasteiger charge is -2.06. The maximum Gasteiger partial charge on any atom is 0.224 e. The van der Waals surface area contributed by atoms with Crippen molar-refractivity contribution in [3.8, 4) is 5.82 Å². The summed E-state index contributed by atoms with van der Waals surface area (Å²) in [6.07, 6.45) is 2.96. The number of carbonyl (C=O) groups excluding carboxylic acids is 1. The summed E-state index contributed by atoms with van der Waals surface area (Å²) in [5, 5.41) is 11.6. The Balaban J connectivity index is 1.61. The van der Waals surface area contributed by atoms with Gasteiger partial charge in [0.25, 0.3) is 0 Å². The van der Waals surface area contributed by atoms with Gasteiger partial charge in [-0.3, -0.25) is 4.79 Å². The molecule has 0 aliphatic heterocycles. The first-order valence-corrected chi connectivity index (χ1v) is 8.83.